The molecule has 3 aromatic heterocycles. The topological polar surface area (TPSA) is 97.2 Å². The molecule has 0 aromatic carbocycles. The number of pyridine rings is 2. The van der Waals surface area contributed by atoms with E-state index < -0.39 is 0 Å². The molecule has 0 aliphatic carbocycles. The number of nitrogens with zero attached hydrogens (tertiary/aromatic N) is 5. The van der Waals surface area contributed by atoms with Gasteiger partial charge >= 0.3 is 6.03 Å². The lowest BCUT2D eigenvalue weighted by Crippen LogP contribution is -2.36. The Morgan fingerprint density at radius 3 is 2.82 bits per heavy atom. The van der Waals surface area contributed by atoms with Gasteiger partial charge in [-0.25, -0.2) is 19.4 Å². The van der Waals surface area contributed by atoms with Crippen molar-refractivity contribution in [3.05, 3.63) is 60.7 Å². The number of rotatable bonds is 5. The van der Waals surface area contributed by atoms with Crippen LogP contribution in [0, 0.1) is 0 Å². The average molecular weight is 379 g/mol. The van der Waals surface area contributed by atoms with Crippen LogP contribution in [0.5, 0.6) is 0 Å². The van der Waals surface area contributed by atoms with Gasteiger partial charge in [0, 0.05) is 44.4 Å². The molecule has 0 spiro atoms. The summed E-state index contributed by atoms with van der Waals surface area (Å²) in [4.78, 5) is 23.3. The van der Waals surface area contributed by atoms with Crippen LogP contribution in [0.2, 0.25) is 0 Å². The van der Waals surface area contributed by atoms with Crippen LogP contribution in [0.25, 0.3) is 5.82 Å². The summed E-state index contributed by atoms with van der Waals surface area (Å²) in [5, 5.41) is 9.87. The fraction of sp³-hybridized carbons (Fsp3) is 0.263. The van der Waals surface area contributed by atoms with Crippen LogP contribution in [0.3, 0.4) is 0 Å². The zero-order valence-corrected chi connectivity index (χ0v) is 15.3. The van der Waals surface area contributed by atoms with Crippen molar-refractivity contribution in [1.82, 2.24) is 25.1 Å². The van der Waals surface area contributed by atoms with Crippen LogP contribution in [0.4, 0.5) is 16.3 Å². The van der Waals surface area contributed by atoms with Gasteiger partial charge < -0.3 is 20.3 Å². The molecule has 0 bridgehead atoms. The lowest BCUT2D eigenvalue weighted by Gasteiger charge is -2.28. The molecular weight excluding hydrogens is 358 g/mol. The Bertz CT molecular complexity index is 924. The maximum absolute atomic E-state index is 12.4. The number of ether oxygens (including phenoxy) is 1. The standard InChI is InChI=1S/C19H21N7O2/c27-19(24-16-3-1-5-21-18(16)26-8-2-6-23-26)22-14-15-4-7-20-17(13-15)25-9-11-28-12-10-25/h1-8,13H,9-12,14H2,(H2,22,24,27). The second kappa shape index (κ2) is 8.49. The summed E-state index contributed by atoms with van der Waals surface area (Å²) in [7, 11) is 0. The summed E-state index contributed by atoms with van der Waals surface area (Å²) in [5.41, 5.74) is 1.55. The van der Waals surface area contributed by atoms with Crippen LogP contribution in [0.15, 0.2) is 55.1 Å². The number of aromatic nitrogens is 4. The first-order valence-corrected chi connectivity index (χ1v) is 9.07. The smallest absolute Gasteiger partial charge is 0.319 e. The zero-order chi connectivity index (χ0) is 19.2. The monoisotopic (exact) mass is 379 g/mol. The van der Waals surface area contributed by atoms with E-state index in [9.17, 15) is 4.79 Å². The molecule has 2 amide bonds. The summed E-state index contributed by atoms with van der Waals surface area (Å²) in [6.07, 6.45) is 6.85. The number of hydrogen-bond donors (Lipinski definition) is 2. The molecule has 9 heteroatoms. The molecule has 3 aromatic rings. The fourth-order valence-corrected chi connectivity index (χ4v) is 2.96. The first-order valence-electron chi connectivity index (χ1n) is 9.07. The predicted molar refractivity (Wildman–Crippen MR) is 104 cm³/mol. The van der Waals surface area contributed by atoms with Gasteiger partial charge in [0.1, 0.15) is 5.82 Å². The molecule has 4 rings (SSSR count). The molecule has 0 atom stereocenters. The Kier molecular flexibility index (Phi) is 5.43. The quantitative estimate of drug-likeness (QED) is 0.702. The minimum absolute atomic E-state index is 0.314. The number of urea groups is 1. The van der Waals surface area contributed by atoms with Gasteiger partial charge in [0.2, 0.25) is 0 Å². The van der Waals surface area contributed by atoms with Crippen LogP contribution in [0.1, 0.15) is 5.56 Å². The van der Waals surface area contributed by atoms with Crippen molar-refractivity contribution >= 4 is 17.5 Å². The SMILES string of the molecule is O=C(NCc1ccnc(N2CCOCC2)c1)Nc1cccnc1-n1cccn1. The molecule has 1 fully saturated rings. The molecule has 1 aliphatic rings. The van der Waals surface area contributed by atoms with Gasteiger partial charge in [0.15, 0.2) is 5.82 Å². The number of carbonyl (C=O) groups excluding carboxylic acids is 1. The number of morpholine rings is 1. The van der Waals surface area contributed by atoms with Crippen molar-refractivity contribution in [3.8, 4) is 5.82 Å². The number of nitrogens with one attached hydrogen (secondary N) is 2. The van der Waals surface area contributed by atoms with E-state index in [0.29, 0.717) is 31.3 Å². The summed E-state index contributed by atoms with van der Waals surface area (Å²) >= 11 is 0. The van der Waals surface area contributed by atoms with Gasteiger partial charge in [-0.2, -0.15) is 5.10 Å². The molecule has 0 radical (unpaired) electrons. The molecule has 1 saturated heterocycles. The van der Waals surface area contributed by atoms with Crippen molar-refractivity contribution in [2.75, 3.05) is 36.5 Å². The largest absolute Gasteiger partial charge is 0.378 e. The second-order valence-corrected chi connectivity index (χ2v) is 6.25. The van der Waals surface area contributed by atoms with Crippen molar-refractivity contribution in [1.29, 1.82) is 0 Å². The van der Waals surface area contributed by atoms with Gasteiger partial charge in [0.05, 0.1) is 18.9 Å². The molecule has 0 unspecified atom stereocenters. The molecule has 28 heavy (non-hydrogen) atoms. The molecule has 144 valence electrons. The molecule has 1 aliphatic heterocycles. The minimum atomic E-state index is -0.314. The van der Waals surface area contributed by atoms with E-state index in [4.69, 9.17) is 4.74 Å². The minimum Gasteiger partial charge on any atom is -0.378 e. The summed E-state index contributed by atoms with van der Waals surface area (Å²) in [6, 6.07) is 8.92. The van der Waals surface area contributed by atoms with E-state index in [1.165, 1.54) is 0 Å². The van der Waals surface area contributed by atoms with Gasteiger partial charge in [-0.05, 0) is 35.9 Å². The number of carbonyl (C=O) groups is 1. The highest BCUT2D eigenvalue weighted by Crippen LogP contribution is 2.16. The van der Waals surface area contributed by atoms with Gasteiger partial charge in [-0.3, -0.25) is 0 Å². The third kappa shape index (κ3) is 4.26. The highest BCUT2D eigenvalue weighted by Gasteiger charge is 2.13. The lowest BCUT2D eigenvalue weighted by atomic mass is 10.2. The predicted octanol–water partition coefficient (Wildman–Crippen LogP) is 1.82. The number of amides is 2. The lowest BCUT2D eigenvalue weighted by molar-refractivity contribution is 0.122. The van der Waals surface area contributed by atoms with Crippen molar-refractivity contribution in [2.24, 2.45) is 0 Å². The summed E-state index contributed by atoms with van der Waals surface area (Å²) < 4.78 is 6.98. The Morgan fingerprint density at radius 2 is 2.00 bits per heavy atom. The van der Waals surface area contributed by atoms with E-state index in [-0.39, 0.29) is 6.03 Å². The third-order valence-corrected chi connectivity index (χ3v) is 4.35. The number of hydrogen-bond acceptors (Lipinski definition) is 6. The first kappa shape index (κ1) is 17.9. The third-order valence-electron chi connectivity index (χ3n) is 4.35. The molecule has 0 saturated carbocycles. The Labute approximate surface area is 162 Å². The molecule has 4 heterocycles. The maximum atomic E-state index is 12.4. The van der Waals surface area contributed by atoms with Crippen LogP contribution in [-0.2, 0) is 11.3 Å². The van der Waals surface area contributed by atoms with Crippen LogP contribution < -0.4 is 15.5 Å². The molecular formula is C19H21N7O2. The number of anilines is 2. The second-order valence-electron chi connectivity index (χ2n) is 6.25. The van der Waals surface area contributed by atoms with Crippen molar-refractivity contribution in [3.63, 3.8) is 0 Å². The average Bonchev–Trinajstić information content (AvgIpc) is 3.28. The Morgan fingerprint density at radius 1 is 1.11 bits per heavy atom. The molecule has 2 N–H and O–H groups in total. The van der Waals surface area contributed by atoms with Crippen LogP contribution in [-0.4, -0.2) is 52.1 Å². The van der Waals surface area contributed by atoms with Gasteiger partial charge in [0.25, 0.3) is 0 Å². The van der Waals surface area contributed by atoms with E-state index in [0.717, 1.165) is 24.5 Å². The Hall–Kier alpha value is -3.46. The van der Waals surface area contributed by atoms with Crippen molar-refractivity contribution < 1.29 is 9.53 Å². The van der Waals surface area contributed by atoms with E-state index in [1.807, 2.05) is 12.1 Å². The summed E-state index contributed by atoms with van der Waals surface area (Å²) in [6.45, 7) is 3.44. The fourth-order valence-electron chi connectivity index (χ4n) is 2.96. The van der Waals surface area contributed by atoms with Crippen molar-refractivity contribution in [2.45, 2.75) is 6.54 Å². The summed E-state index contributed by atoms with van der Waals surface area (Å²) in [5.74, 6) is 1.46. The Balaban J connectivity index is 1.38. The van der Waals surface area contributed by atoms with E-state index in [2.05, 4.69) is 30.6 Å². The zero-order valence-electron chi connectivity index (χ0n) is 15.3. The molecule has 9 nitrogen and oxygen atoms in total. The van der Waals surface area contributed by atoms with Gasteiger partial charge in [-0.1, -0.05) is 0 Å². The van der Waals surface area contributed by atoms with Gasteiger partial charge in [-0.15, -0.1) is 0 Å². The first-order chi connectivity index (χ1) is 13.8. The highest BCUT2D eigenvalue weighted by atomic mass is 16.5. The maximum Gasteiger partial charge on any atom is 0.319 e. The van der Waals surface area contributed by atoms with E-state index in [1.54, 1.807) is 47.7 Å². The highest BCUT2D eigenvalue weighted by molar-refractivity contribution is 5.90. The normalized spacial score (nSPS) is 13.9. The van der Waals surface area contributed by atoms with Crippen LogP contribution >= 0.6 is 0 Å². The van der Waals surface area contributed by atoms with E-state index >= 15 is 0 Å².